The molecule has 3 heterocycles. The second-order valence-electron chi connectivity index (χ2n) is 6.03. The molecule has 1 aliphatic heterocycles. The fourth-order valence-corrected chi connectivity index (χ4v) is 2.71. The summed E-state index contributed by atoms with van der Waals surface area (Å²) in [6.07, 6.45) is 2.79. The normalized spacial score (nSPS) is 17.6. The molecule has 1 amide bonds. The lowest BCUT2D eigenvalue weighted by Crippen LogP contribution is -2.42. The van der Waals surface area contributed by atoms with Crippen molar-refractivity contribution in [3.8, 4) is 0 Å². The van der Waals surface area contributed by atoms with E-state index < -0.39 is 0 Å². The van der Waals surface area contributed by atoms with Crippen molar-refractivity contribution in [3.05, 3.63) is 47.5 Å². The molecule has 0 aromatic carbocycles. The van der Waals surface area contributed by atoms with Gasteiger partial charge >= 0.3 is 0 Å². The minimum atomic E-state index is -0.226. The smallest absolute Gasteiger partial charge is 0.255 e. The van der Waals surface area contributed by atoms with Crippen LogP contribution >= 0.6 is 0 Å². The van der Waals surface area contributed by atoms with Crippen LogP contribution in [0.3, 0.4) is 0 Å². The Morgan fingerprint density at radius 1 is 1.33 bits per heavy atom. The fourth-order valence-electron chi connectivity index (χ4n) is 2.71. The molecule has 0 bridgehead atoms. The first kappa shape index (κ1) is 16.3. The van der Waals surface area contributed by atoms with Gasteiger partial charge in [-0.2, -0.15) is 10.2 Å². The third-order valence-corrected chi connectivity index (χ3v) is 3.99. The van der Waals surface area contributed by atoms with Gasteiger partial charge in [0.15, 0.2) is 0 Å². The second kappa shape index (κ2) is 6.92. The van der Waals surface area contributed by atoms with Crippen molar-refractivity contribution in [2.45, 2.75) is 13.0 Å². The highest BCUT2D eigenvalue weighted by Crippen LogP contribution is 2.25. The zero-order valence-electron chi connectivity index (χ0n) is 14.1. The minimum absolute atomic E-state index is 0.0568. The molecule has 7 nitrogen and oxygen atoms in total. The van der Waals surface area contributed by atoms with Gasteiger partial charge in [0.05, 0.1) is 36.8 Å². The van der Waals surface area contributed by atoms with Gasteiger partial charge in [-0.05, 0) is 25.1 Å². The topological polar surface area (TPSA) is 71.5 Å². The van der Waals surface area contributed by atoms with Crippen LogP contribution in [0.15, 0.2) is 30.6 Å². The maximum absolute atomic E-state index is 12.6. The number of hydrogen-bond donors (Lipinski definition) is 0. The van der Waals surface area contributed by atoms with Gasteiger partial charge in [-0.3, -0.25) is 9.78 Å². The average molecular weight is 327 g/mol. The van der Waals surface area contributed by atoms with Crippen molar-refractivity contribution in [2.24, 2.45) is 0 Å². The quantitative estimate of drug-likeness (QED) is 0.850. The average Bonchev–Trinajstić information content (AvgIpc) is 2.61. The van der Waals surface area contributed by atoms with E-state index in [2.05, 4.69) is 15.2 Å². The van der Waals surface area contributed by atoms with Crippen LogP contribution in [0.2, 0.25) is 0 Å². The summed E-state index contributed by atoms with van der Waals surface area (Å²) >= 11 is 0. The SMILES string of the molecule is Cc1cc(N(C)C)cc(C2CN(C(=O)c3ccnnc3)CCO2)n1. The van der Waals surface area contributed by atoms with Gasteiger partial charge in [0, 0.05) is 32.0 Å². The predicted molar refractivity (Wildman–Crippen MR) is 89.9 cm³/mol. The zero-order valence-corrected chi connectivity index (χ0v) is 14.1. The third-order valence-electron chi connectivity index (χ3n) is 3.99. The Bertz CT molecular complexity index is 720. The van der Waals surface area contributed by atoms with Gasteiger partial charge in [0.1, 0.15) is 6.10 Å². The number of nitrogens with zero attached hydrogens (tertiary/aromatic N) is 5. The minimum Gasteiger partial charge on any atom is -0.378 e. The molecule has 1 atom stereocenters. The summed E-state index contributed by atoms with van der Waals surface area (Å²) in [5.74, 6) is -0.0568. The van der Waals surface area contributed by atoms with Crippen molar-refractivity contribution in [2.75, 3.05) is 38.7 Å². The Labute approximate surface area is 141 Å². The van der Waals surface area contributed by atoms with Crippen molar-refractivity contribution in [1.82, 2.24) is 20.1 Å². The molecule has 2 aromatic rings. The van der Waals surface area contributed by atoms with Crippen molar-refractivity contribution in [3.63, 3.8) is 0 Å². The first-order chi connectivity index (χ1) is 11.5. The Morgan fingerprint density at radius 3 is 2.88 bits per heavy atom. The first-order valence-corrected chi connectivity index (χ1v) is 7.88. The predicted octanol–water partition coefficient (Wildman–Crippen LogP) is 1.46. The number of hydrogen-bond acceptors (Lipinski definition) is 6. The number of aryl methyl sites for hydroxylation is 1. The molecule has 1 saturated heterocycles. The van der Waals surface area contributed by atoms with E-state index in [1.165, 1.54) is 12.4 Å². The monoisotopic (exact) mass is 327 g/mol. The third kappa shape index (κ3) is 3.51. The van der Waals surface area contributed by atoms with Crippen LogP contribution in [-0.2, 0) is 4.74 Å². The number of pyridine rings is 1. The molecule has 3 rings (SSSR count). The molecule has 24 heavy (non-hydrogen) atoms. The van der Waals surface area contributed by atoms with E-state index >= 15 is 0 Å². The van der Waals surface area contributed by atoms with Crippen molar-refractivity contribution in [1.29, 1.82) is 0 Å². The van der Waals surface area contributed by atoms with Crippen LogP contribution in [0.5, 0.6) is 0 Å². The van der Waals surface area contributed by atoms with Gasteiger partial charge in [-0.25, -0.2) is 0 Å². The number of rotatable bonds is 3. The molecule has 0 aliphatic carbocycles. The van der Waals surface area contributed by atoms with Crippen LogP contribution in [0.4, 0.5) is 5.69 Å². The lowest BCUT2D eigenvalue weighted by Gasteiger charge is -2.33. The highest BCUT2D eigenvalue weighted by atomic mass is 16.5. The van der Waals surface area contributed by atoms with Crippen molar-refractivity contribution >= 4 is 11.6 Å². The van der Waals surface area contributed by atoms with Gasteiger partial charge < -0.3 is 14.5 Å². The number of aromatic nitrogens is 3. The van der Waals surface area contributed by atoms with E-state index in [1.807, 2.05) is 38.1 Å². The number of carbonyl (C=O) groups excluding carboxylic acids is 1. The lowest BCUT2D eigenvalue weighted by molar-refractivity contribution is -0.0247. The van der Waals surface area contributed by atoms with E-state index in [4.69, 9.17) is 4.74 Å². The van der Waals surface area contributed by atoms with Crippen LogP contribution < -0.4 is 4.90 Å². The maximum Gasteiger partial charge on any atom is 0.255 e. The van der Waals surface area contributed by atoms with Crippen LogP contribution in [-0.4, -0.2) is 59.8 Å². The molecule has 0 radical (unpaired) electrons. The van der Waals surface area contributed by atoms with Crippen molar-refractivity contribution < 1.29 is 9.53 Å². The fraction of sp³-hybridized carbons (Fsp3) is 0.412. The van der Waals surface area contributed by atoms with E-state index in [-0.39, 0.29) is 12.0 Å². The van der Waals surface area contributed by atoms with Crippen LogP contribution in [0, 0.1) is 6.92 Å². The number of anilines is 1. The number of amides is 1. The highest BCUT2D eigenvalue weighted by molar-refractivity contribution is 5.93. The summed E-state index contributed by atoms with van der Waals surface area (Å²) in [5, 5.41) is 7.49. The summed E-state index contributed by atoms with van der Waals surface area (Å²) in [7, 11) is 3.99. The van der Waals surface area contributed by atoms with Gasteiger partial charge in [0.25, 0.3) is 5.91 Å². The Kier molecular flexibility index (Phi) is 4.71. The van der Waals surface area contributed by atoms with Crippen LogP contribution in [0.1, 0.15) is 27.8 Å². The van der Waals surface area contributed by atoms with Crippen LogP contribution in [0.25, 0.3) is 0 Å². The molecule has 7 heteroatoms. The van der Waals surface area contributed by atoms with E-state index in [0.717, 1.165) is 17.1 Å². The number of ether oxygens (including phenoxy) is 1. The zero-order chi connectivity index (χ0) is 17.1. The molecule has 1 unspecified atom stereocenters. The Balaban J connectivity index is 1.80. The molecule has 1 aliphatic rings. The molecule has 0 saturated carbocycles. The van der Waals surface area contributed by atoms with Gasteiger partial charge in [-0.1, -0.05) is 0 Å². The molecule has 2 aromatic heterocycles. The summed E-state index contributed by atoms with van der Waals surface area (Å²) < 4.78 is 5.87. The lowest BCUT2D eigenvalue weighted by atomic mass is 10.1. The van der Waals surface area contributed by atoms with Gasteiger partial charge in [0.2, 0.25) is 0 Å². The summed E-state index contributed by atoms with van der Waals surface area (Å²) in [6, 6.07) is 5.71. The van der Waals surface area contributed by atoms with E-state index in [1.54, 1.807) is 11.0 Å². The standard InChI is InChI=1S/C17H21N5O2/c1-12-8-14(21(2)3)9-15(20-12)16-11-22(6-7-24-16)17(23)13-4-5-18-19-10-13/h4-5,8-10,16H,6-7,11H2,1-3H3. The summed E-state index contributed by atoms with van der Waals surface area (Å²) in [4.78, 5) is 21.0. The highest BCUT2D eigenvalue weighted by Gasteiger charge is 2.27. The molecular formula is C17H21N5O2. The Hall–Kier alpha value is -2.54. The molecule has 1 fully saturated rings. The molecular weight excluding hydrogens is 306 g/mol. The summed E-state index contributed by atoms with van der Waals surface area (Å²) in [5.41, 5.74) is 3.39. The number of carbonyl (C=O) groups is 1. The number of morpholine rings is 1. The van der Waals surface area contributed by atoms with E-state index in [0.29, 0.717) is 25.3 Å². The largest absolute Gasteiger partial charge is 0.378 e. The van der Waals surface area contributed by atoms with E-state index in [9.17, 15) is 4.79 Å². The maximum atomic E-state index is 12.6. The van der Waals surface area contributed by atoms with Gasteiger partial charge in [-0.15, -0.1) is 0 Å². The first-order valence-electron chi connectivity index (χ1n) is 7.88. The molecule has 0 N–H and O–H groups in total. The molecule has 0 spiro atoms. The Morgan fingerprint density at radius 2 is 2.17 bits per heavy atom. The second-order valence-corrected chi connectivity index (χ2v) is 6.03. The summed E-state index contributed by atoms with van der Waals surface area (Å²) in [6.45, 7) is 3.49. The molecule has 126 valence electrons.